The van der Waals surface area contributed by atoms with Gasteiger partial charge in [0.25, 0.3) is 0 Å². The summed E-state index contributed by atoms with van der Waals surface area (Å²) in [5.74, 6) is 0.720. The molecule has 0 bridgehead atoms. The first-order valence-corrected chi connectivity index (χ1v) is 5.47. The predicted octanol–water partition coefficient (Wildman–Crippen LogP) is 3.12. The van der Waals surface area contributed by atoms with E-state index in [1.165, 1.54) is 6.92 Å². The van der Waals surface area contributed by atoms with Crippen molar-refractivity contribution in [1.82, 2.24) is 0 Å². The summed E-state index contributed by atoms with van der Waals surface area (Å²) in [7, 11) is 1.79. The highest BCUT2D eigenvalue weighted by atomic mass is 16.4. The maximum Gasteiger partial charge on any atom is 0.200 e. The quantitative estimate of drug-likeness (QED) is 0.773. The Balaban J connectivity index is 2.38. The number of hydrogen-bond donors (Lipinski definition) is 0. The number of ketones is 1. The molecule has 1 aromatic heterocycles. The molecule has 0 atom stereocenters. The SMILES string of the molecule is CC(=O)c1ccc(N(C)c2ccccc2C#N)o1. The summed E-state index contributed by atoms with van der Waals surface area (Å²) in [5.41, 5.74) is 1.30. The van der Waals surface area contributed by atoms with E-state index in [1.54, 1.807) is 36.2 Å². The molecule has 0 aliphatic heterocycles. The number of furan rings is 1. The van der Waals surface area contributed by atoms with Crippen molar-refractivity contribution in [2.24, 2.45) is 0 Å². The molecule has 0 aliphatic carbocycles. The van der Waals surface area contributed by atoms with Crippen molar-refractivity contribution in [3.63, 3.8) is 0 Å². The number of para-hydroxylation sites is 1. The van der Waals surface area contributed by atoms with E-state index in [9.17, 15) is 4.79 Å². The number of benzene rings is 1. The highest BCUT2D eigenvalue weighted by Crippen LogP contribution is 2.28. The van der Waals surface area contributed by atoms with Crippen molar-refractivity contribution in [3.05, 3.63) is 47.7 Å². The van der Waals surface area contributed by atoms with Gasteiger partial charge in [-0.2, -0.15) is 5.26 Å². The Labute approximate surface area is 105 Å². The van der Waals surface area contributed by atoms with Gasteiger partial charge in [0.1, 0.15) is 6.07 Å². The molecule has 90 valence electrons. The zero-order chi connectivity index (χ0) is 13.1. The molecule has 0 saturated carbocycles. The molecule has 2 aromatic rings. The minimum atomic E-state index is -0.122. The van der Waals surface area contributed by atoms with Crippen LogP contribution < -0.4 is 4.90 Å². The molecule has 2 rings (SSSR count). The van der Waals surface area contributed by atoms with Gasteiger partial charge in [0.2, 0.25) is 5.88 Å². The summed E-state index contributed by atoms with van der Waals surface area (Å²) in [6, 6.07) is 12.7. The van der Waals surface area contributed by atoms with Crippen LogP contribution in [-0.4, -0.2) is 12.8 Å². The van der Waals surface area contributed by atoms with Crippen molar-refractivity contribution < 1.29 is 9.21 Å². The molecule has 0 radical (unpaired) electrons. The third-order valence-corrected chi connectivity index (χ3v) is 2.66. The van der Waals surface area contributed by atoms with Gasteiger partial charge in [-0.1, -0.05) is 12.1 Å². The van der Waals surface area contributed by atoms with Crippen LogP contribution in [0.3, 0.4) is 0 Å². The van der Waals surface area contributed by atoms with Gasteiger partial charge in [-0.3, -0.25) is 4.79 Å². The number of nitrogens with zero attached hydrogens (tertiary/aromatic N) is 2. The lowest BCUT2D eigenvalue weighted by atomic mass is 10.2. The summed E-state index contributed by atoms with van der Waals surface area (Å²) < 4.78 is 5.43. The third kappa shape index (κ3) is 2.11. The van der Waals surface area contributed by atoms with E-state index >= 15 is 0 Å². The molecule has 0 unspecified atom stereocenters. The van der Waals surface area contributed by atoms with Gasteiger partial charge in [0, 0.05) is 20.0 Å². The molecular formula is C14H12N2O2. The molecule has 0 aliphatic rings. The van der Waals surface area contributed by atoms with Crippen LogP contribution in [0, 0.1) is 11.3 Å². The molecule has 4 nitrogen and oxygen atoms in total. The maximum atomic E-state index is 11.2. The van der Waals surface area contributed by atoms with E-state index in [0.717, 1.165) is 5.69 Å². The third-order valence-electron chi connectivity index (χ3n) is 2.66. The second-order valence-corrected chi connectivity index (χ2v) is 3.88. The summed E-state index contributed by atoms with van der Waals surface area (Å²) in [6.45, 7) is 1.45. The van der Waals surface area contributed by atoms with E-state index < -0.39 is 0 Å². The zero-order valence-corrected chi connectivity index (χ0v) is 10.2. The van der Waals surface area contributed by atoms with Crippen molar-refractivity contribution in [2.75, 3.05) is 11.9 Å². The number of carbonyl (C=O) groups excluding carboxylic acids is 1. The molecular weight excluding hydrogens is 228 g/mol. The van der Waals surface area contributed by atoms with Crippen LogP contribution in [-0.2, 0) is 0 Å². The van der Waals surface area contributed by atoms with Crippen molar-refractivity contribution in [2.45, 2.75) is 6.92 Å². The van der Waals surface area contributed by atoms with Crippen LogP contribution in [0.25, 0.3) is 0 Å². The van der Waals surface area contributed by atoms with E-state index in [4.69, 9.17) is 9.68 Å². The lowest BCUT2D eigenvalue weighted by Crippen LogP contribution is -2.10. The number of hydrogen-bond acceptors (Lipinski definition) is 4. The first-order chi connectivity index (χ1) is 8.63. The second kappa shape index (κ2) is 4.76. The number of anilines is 2. The molecule has 0 amide bonds. The Morgan fingerprint density at radius 3 is 2.61 bits per heavy atom. The van der Waals surface area contributed by atoms with Gasteiger partial charge in [0.15, 0.2) is 11.5 Å². The monoisotopic (exact) mass is 240 g/mol. The number of nitriles is 1. The minimum Gasteiger partial charge on any atom is -0.437 e. The minimum absolute atomic E-state index is 0.122. The van der Waals surface area contributed by atoms with E-state index in [2.05, 4.69) is 6.07 Å². The van der Waals surface area contributed by atoms with Crippen molar-refractivity contribution in [1.29, 1.82) is 5.26 Å². The number of carbonyl (C=O) groups is 1. The van der Waals surface area contributed by atoms with Crippen molar-refractivity contribution in [3.8, 4) is 6.07 Å². The van der Waals surface area contributed by atoms with Gasteiger partial charge < -0.3 is 9.32 Å². The average molecular weight is 240 g/mol. The Hall–Kier alpha value is -2.54. The van der Waals surface area contributed by atoms with Crippen LogP contribution in [0.2, 0.25) is 0 Å². The fourth-order valence-corrected chi connectivity index (χ4v) is 1.68. The lowest BCUT2D eigenvalue weighted by Gasteiger charge is -2.17. The average Bonchev–Trinajstić information content (AvgIpc) is 2.87. The normalized spacial score (nSPS) is 9.83. The molecule has 1 heterocycles. The fourth-order valence-electron chi connectivity index (χ4n) is 1.68. The van der Waals surface area contributed by atoms with Crippen LogP contribution >= 0.6 is 0 Å². The van der Waals surface area contributed by atoms with E-state index in [-0.39, 0.29) is 5.78 Å². The van der Waals surface area contributed by atoms with Gasteiger partial charge in [-0.25, -0.2) is 0 Å². The molecule has 4 heteroatoms. The van der Waals surface area contributed by atoms with Crippen LogP contribution in [0.5, 0.6) is 0 Å². The summed E-state index contributed by atoms with van der Waals surface area (Å²) >= 11 is 0. The van der Waals surface area contributed by atoms with Gasteiger partial charge >= 0.3 is 0 Å². The number of rotatable bonds is 3. The Morgan fingerprint density at radius 1 is 1.28 bits per heavy atom. The van der Waals surface area contributed by atoms with Crippen LogP contribution in [0.4, 0.5) is 11.6 Å². The Morgan fingerprint density at radius 2 is 2.00 bits per heavy atom. The standard InChI is InChI=1S/C14H12N2O2/c1-10(17)13-7-8-14(18-13)16(2)12-6-4-3-5-11(12)9-15/h3-8H,1-2H3. The summed E-state index contributed by atoms with van der Waals surface area (Å²) in [5, 5.41) is 9.05. The predicted molar refractivity (Wildman–Crippen MR) is 67.9 cm³/mol. The summed E-state index contributed by atoms with van der Waals surface area (Å²) in [4.78, 5) is 12.9. The van der Waals surface area contributed by atoms with E-state index in [1.807, 2.05) is 12.1 Å². The van der Waals surface area contributed by atoms with Crippen molar-refractivity contribution >= 4 is 17.4 Å². The fraction of sp³-hybridized carbons (Fsp3) is 0.143. The van der Waals surface area contributed by atoms with Crippen LogP contribution in [0.15, 0.2) is 40.8 Å². The molecule has 18 heavy (non-hydrogen) atoms. The first-order valence-electron chi connectivity index (χ1n) is 5.47. The molecule has 1 aromatic carbocycles. The molecule has 0 N–H and O–H groups in total. The van der Waals surface area contributed by atoms with Gasteiger partial charge in [0.05, 0.1) is 11.3 Å². The number of Topliss-reactive ketones (excluding diaryl/α,β-unsaturated/α-hetero) is 1. The van der Waals surface area contributed by atoms with E-state index in [0.29, 0.717) is 17.2 Å². The zero-order valence-electron chi connectivity index (χ0n) is 10.2. The molecule has 0 spiro atoms. The maximum absolute atomic E-state index is 11.2. The summed E-state index contributed by atoms with van der Waals surface area (Å²) in [6.07, 6.45) is 0. The lowest BCUT2D eigenvalue weighted by molar-refractivity contribution is 0.0988. The molecule has 0 fully saturated rings. The smallest absolute Gasteiger partial charge is 0.200 e. The molecule has 0 saturated heterocycles. The van der Waals surface area contributed by atoms with Crippen LogP contribution in [0.1, 0.15) is 23.0 Å². The first kappa shape index (κ1) is 11.9. The highest BCUT2D eigenvalue weighted by molar-refractivity contribution is 5.91. The largest absolute Gasteiger partial charge is 0.437 e. The highest BCUT2D eigenvalue weighted by Gasteiger charge is 2.13. The van der Waals surface area contributed by atoms with Gasteiger partial charge in [-0.05, 0) is 18.2 Å². The second-order valence-electron chi connectivity index (χ2n) is 3.88. The topological polar surface area (TPSA) is 57.2 Å². The Kier molecular flexibility index (Phi) is 3.16. The Bertz CT molecular complexity index is 623. The van der Waals surface area contributed by atoms with Gasteiger partial charge in [-0.15, -0.1) is 0 Å².